The van der Waals surface area contributed by atoms with Crippen molar-refractivity contribution in [2.75, 3.05) is 13.2 Å². The first-order chi connectivity index (χ1) is 10.8. The maximum absolute atomic E-state index is 9.94. The summed E-state index contributed by atoms with van der Waals surface area (Å²) in [5, 5.41) is 76.5. The number of aliphatic hydroxyl groups is 8. The number of ether oxygens (including phenoxy) is 3. The smallest absolute Gasteiger partial charge is 0.187 e. The fourth-order valence-corrected chi connectivity index (χ4v) is 2.57. The summed E-state index contributed by atoms with van der Waals surface area (Å²) in [5.74, 6) is 0. The quantitative estimate of drug-likeness (QED) is 0.243. The molecule has 2 aliphatic heterocycles. The Morgan fingerprint density at radius 3 is 1.83 bits per heavy atom. The lowest BCUT2D eigenvalue weighted by atomic mass is 9.97. The van der Waals surface area contributed by atoms with Crippen LogP contribution in [0.5, 0.6) is 0 Å². The van der Waals surface area contributed by atoms with E-state index in [9.17, 15) is 35.7 Å². The van der Waals surface area contributed by atoms with Crippen molar-refractivity contribution in [1.82, 2.24) is 0 Å². The Morgan fingerprint density at radius 2 is 1.26 bits per heavy atom. The molecule has 2 heterocycles. The Balaban J connectivity index is 2.11. The normalized spacial score (nSPS) is 51.7. The lowest BCUT2D eigenvalue weighted by Gasteiger charge is -2.45. The fourth-order valence-electron chi connectivity index (χ4n) is 2.57. The summed E-state index contributed by atoms with van der Waals surface area (Å²) in [6.45, 7) is -1.35. The zero-order valence-electron chi connectivity index (χ0n) is 12.0. The average Bonchev–Trinajstić information content (AvgIpc) is 2.55. The molecule has 0 saturated carbocycles. The second-order valence-electron chi connectivity index (χ2n) is 5.53. The molecule has 23 heavy (non-hydrogen) atoms. The summed E-state index contributed by atoms with van der Waals surface area (Å²) in [4.78, 5) is 0. The van der Waals surface area contributed by atoms with Gasteiger partial charge in [0.1, 0.15) is 48.8 Å². The van der Waals surface area contributed by atoms with Crippen LogP contribution >= 0.6 is 0 Å². The van der Waals surface area contributed by atoms with Gasteiger partial charge in [0, 0.05) is 0 Å². The summed E-state index contributed by atoms with van der Waals surface area (Å²) in [6.07, 6.45) is -15.6. The maximum Gasteiger partial charge on any atom is 0.187 e. The van der Waals surface area contributed by atoms with Crippen molar-refractivity contribution in [1.29, 1.82) is 0 Å². The minimum Gasteiger partial charge on any atom is -0.394 e. The second kappa shape index (κ2) is 7.63. The lowest BCUT2D eigenvalue weighted by Crippen LogP contribution is -2.64. The van der Waals surface area contributed by atoms with E-state index in [-0.39, 0.29) is 0 Å². The van der Waals surface area contributed by atoms with Gasteiger partial charge in [0.05, 0.1) is 13.2 Å². The second-order valence-corrected chi connectivity index (χ2v) is 5.53. The van der Waals surface area contributed by atoms with E-state index in [2.05, 4.69) is 0 Å². The summed E-state index contributed by atoms with van der Waals surface area (Å²) in [7, 11) is 0. The summed E-state index contributed by atoms with van der Waals surface area (Å²) >= 11 is 0. The van der Waals surface area contributed by atoms with Crippen molar-refractivity contribution < 1.29 is 55.1 Å². The highest BCUT2D eigenvalue weighted by atomic mass is 16.7. The van der Waals surface area contributed by atoms with Crippen LogP contribution in [0.3, 0.4) is 0 Å². The van der Waals surface area contributed by atoms with Crippen LogP contribution in [0.2, 0.25) is 0 Å². The number of aliphatic hydroxyl groups excluding tert-OH is 8. The van der Waals surface area contributed by atoms with E-state index >= 15 is 0 Å². The third-order valence-electron chi connectivity index (χ3n) is 3.98. The zero-order valence-corrected chi connectivity index (χ0v) is 12.0. The molecule has 0 unspecified atom stereocenters. The highest BCUT2D eigenvalue weighted by Gasteiger charge is 2.50. The number of hydrogen-bond donors (Lipinski definition) is 8. The Labute approximate surface area is 130 Å². The van der Waals surface area contributed by atoms with Gasteiger partial charge in [-0.1, -0.05) is 0 Å². The van der Waals surface area contributed by atoms with E-state index in [0.717, 1.165) is 0 Å². The first kappa shape index (κ1) is 18.9. The molecule has 0 bridgehead atoms. The minimum absolute atomic E-state index is 0.667. The van der Waals surface area contributed by atoms with Gasteiger partial charge in [-0.25, -0.2) is 0 Å². The van der Waals surface area contributed by atoms with Crippen LogP contribution in [-0.2, 0) is 14.2 Å². The average molecular weight is 342 g/mol. The van der Waals surface area contributed by atoms with Crippen LogP contribution in [-0.4, -0.2) is 115 Å². The van der Waals surface area contributed by atoms with Crippen LogP contribution in [0.15, 0.2) is 0 Å². The van der Waals surface area contributed by atoms with Crippen molar-refractivity contribution in [2.24, 2.45) is 0 Å². The van der Waals surface area contributed by atoms with E-state index in [0.29, 0.717) is 0 Å². The van der Waals surface area contributed by atoms with Crippen LogP contribution in [0.4, 0.5) is 0 Å². The molecule has 2 saturated heterocycles. The van der Waals surface area contributed by atoms with Crippen molar-refractivity contribution >= 4 is 0 Å². The third kappa shape index (κ3) is 3.65. The molecule has 10 atom stereocenters. The Hall–Kier alpha value is -0.440. The summed E-state index contributed by atoms with van der Waals surface area (Å²) in [5.41, 5.74) is 0. The molecule has 0 amide bonds. The predicted octanol–water partition coefficient (Wildman–Crippen LogP) is -5.40. The van der Waals surface area contributed by atoms with Crippen molar-refractivity contribution in [3.05, 3.63) is 0 Å². The molecule has 0 radical (unpaired) electrons. The van der Waals surface area contributed by atoms with Gasteiger partial charge >= 0.3 is 0 Å². The van der Waals surface area contributed by atoms with Gasteiger partial charge in [0.15, 0.2) is 12.6 Å². The number of hydrogen-bond acceptors (Lipinski definition) is 11. The van der Waals surface area contributed by atoms with Gasteiger partial charge in [0.25, 0.3) is 0 Å². The molecule has 2 aliphatic rings. The number of rotatable bonds is 4. The topological polar surface area (TPSA) is 190 Å². The van der Waals surface area contributed by atoms with E-state index in [1.807, 2.05) is 0 Å². The first-order valence-electron chi connectivity index (χ1n) is 7.08. The van der Waals surface area contributed by atoms with Crippen LogP contribution < -0.4 is 0 Å². The molecule has 136 valence electrons. The van der Waals surface area contributed by atoms with Crippen molar-refractivity contribution in [3.63, 3.8) is 0 Å². The molecule has 0 aromatic carbocycles. The molecule has 0 spiro atoms. The molecule has 2 fully saturated rings. The maximum atomic E-state index is 9.94. The highest BCUT2D eigenvalue weighted by Crippen LogP contribution is 2.28. The predicted molar refractivity (Wildman–Crippen MR) is 68.6 cm³/mol. The monoisotopic (exact) mass is 342 g/mol. The van der Waals surface area contributed by atoms with Gasteiger partial charge < -0.3 is 55.1 Å². The molecule has 11 heteroatoms. The van der Waals surface area contributed by atoms with E-state index < -0.39 is 74.6 Å². The van der Waals surface area contributed by atoms with Crippen molar-refractivity contribution in [3.8, 4) is 0 Å². The highest BCUT2D eigenvalue weighted by molar-refractivity contribution is 4.93. The van der Waals surface area contributed by atoms with Gasteiger partial charge in [0.2, 0.25) is 0 Å². The largest absolute Gasteiger partial charge is 0.394 e. The van der Waals surface area contributed by atoms with Crippen molar-refractivity contribution in [2.45, 2.75) is 61.4 Å². The fraction of sp³-hybridized carbons (Fsp3) is 1.00. The Morgan fingerprint density at radius 1 is 0.652 bits per heavy atom. The Kier molecular flexibility index (Phi) is 6.27. The molecular formula is C12H22O11. The van der Waals surface area contributed by atoms with Gasteiger partial charge in [-0.2, -0.15) is 0 Å². The molecular weight excluding hydrogens is 320 g/mol. The molecule has 0 aromatic rings. The summed E-state index contributed by atoms with van der Waals surface area (Å²) < 4.78 is 15.3. The first-order valence-corrected chi connectivity index (χ1v) is 7.08. The molecule has 11 nitrogen and oxygen atoms in total. The molecule has 2 rings (SSSR count). The Bertz CT molecular complexity index is 378. The van der Waals surface area contributed by atoms with Gasteiger partial charge in [-0.15, -0.1) is 0 Å². The molecule has 0 aromatic heterocycles. The zero-order chi connectivity index (χ0) is 17.3. The van der Waals surface area contributed by atoms with Gasteiger partial charge in [-0.3, -0.25) is 0 Å². The third-order valence-corrected chi connectivity index (χ3v) is 3.98. The van der Waals surface area contributed by atoms with Crippen LogP contribution in [0, 0.1) is 0 Å². The van der Waals surface area contributed by atoms with E-state index in [4.69, 9.17) is 19.3 Å². The molecule has 0 aliphatic carbocycles. The molecule has 8 N–H and O–H groups in total. The lowest BCUT2D eigenvalue weighted by molar-refractivity contribution is -0.355. The SMILES string of the molecule is OC[C@@H]1O[C@H](O)[C@H](O)[C@H](O)[C@@H]1O[C@@H]1O[C@H](CO)[C@@H](O)[C@H](O)[C@@H]1O. The summed E-state index contributed by atoms with van der Waals surface area (Å²) in [6, 6.07) is 0. The standard InChI is InChI=1S/C12H22O11/c13-1-3-5(15)6(16)9(19)12(22-3)23-10-4(2-14)21-11(20)8(18)7(10)17/h3-20H,1-2H2/t3-,4+,5-,6+,7+,8-,9+,10-,11+,12+/m1/s1. The van der Waals surface area contributed by atoms with Crippen LogP contribution in [0.1, 0.15) is 0 Å². The van der Waals surface area contributed by atoms with Crippen LogP contribution in [0.25, 0.3) is 0 Å². The van der Waals surface area contributed by atoms with E-state index in [1.165, 1.54) is 0 Å². The van der Waals surface area contributed by atoms with Gasteiger partial charge in [-0.05, 0) is 0 Å². The minimum atomic E-state index is -1.74. The van der Waals surface area contributed by atoms with E-state index in [1.54, 1.807) is 0 Å².